The van der Waals surface area contributed by atoms with Gasteiger partial charge in [-0.2, -0.15) is 0 Å². The van der Waals surface area contributed by atoms with Crippen LogP contribution in [-0.2, 0) is 6.54 Å². The highest BCUT2D eigenvalue weighted by molar-refractivity contribution is 5.87. The lowest BCUT2D eigenvalue weighted by molar-refractivity contribution is 0.244. The third kappa shape index (κ3) is 2.39. The molecule has 0 saturated carbocycles. The van der Waals surface area contributed by atoms with Crippen molar-refractivity contribution >= 4 is 16.7 Å². The fourth-order valence-electron chi connectivity index (χ4n) is 2.77. The van der Waals surface area contributed by atoms with Crippen molar-refractivity contribution in [2.45, 2.75) is 25.4 Å². The van der Waals surface area contributed by atoms with E-state index in [1.54, 1.807) is 0 Å². The summed E-state index contributed by atoms with van der Waals surface area (Å²) in [6.07, 6.45) is 2.37. The molecule has 5 nitrogen and oxygen atoms in total. The van der Waals surface area contributed by atoms with Crippen LogP contribution in [0.5, 0.6) is 0 Å². The molecule has 0 aliphatic carbocycles. The monoisotopic (exact) mass is 257 g/mol. The van der Waals surface area contributed by atoms with E-state index < -0.39 is 0 Å². The lowest BCUT2D eigenvalue weighted by Crippen LogP contribution is -2.35. The van der Waals surface area contributed by atoms with Gasteiger partial charge >= 0.3 is 0 Å². The van der Waals surface area contributed by atoms with E-state index in [4.69, 9.17) is 11.5 Å². The van der Waals surface area contributed by atoms with Crippen LogP contribution in [0.25, 0.3) is 10.9 Å². The number of fused-ring (bicyclic) bond motifs is 1. The van der Waals surface area contributed by atoms with E-state index in [1.807, 2.05) is 24.3 Å². The summed E-state index contributed by atoms with van der Waals surface area (Å²) in [6.45, 7) is 2.50. The zero-order valence-electron chi connectivity index (χ0n) is 10.9. The number of nitrogens with two attached hydrogens (primary N) is 2. The molecule has 5 heteroatoms. The topological polar surface area (TPSA) is 81.1 Å². The number of likely N-dealkylation sites (tertiary alicyclic amines) is 1. The van der Waals surface area contributed by atoms with E-state index in [9.17, 15) is 0 Å². The van der Waals surface area contributed by atoms with Crippen molar-refractivity contribution in [1.82, 2.24) is 14.9 Å². The SMILES string of the molecule is NCC1CCCN1Cc1nc(N)c2ccccc2n1. The Labute approximate surface area is 112 Å². The summed E-state index contributed by atoms with van der Waals surface area (Å²) in [5.41, 5.74) is 12.7. The van der Waals surface area contributed by atoms with Gasteiger partial charge in [0.2, 0.25) is 0 Å². The second-order valence-electron chi connectivity index (χ2n) is 5.04. The molecule has 1 fully saturated rings. The minimum absolute atomic E-state index is 0.455. The van der Waals surface area contributed by atoms with Crippen molar-refractivity contribution < 1.29 is 0 Å². The lowest BCUT2D eigenvalue weighted by atomic mass is 10.2. The molecule has 1 unspecified atom stereocenters. The molecule has 0 bridgehead atoms. The molecule has 1 saturated heterocycles. The molecule has 3 rings (SSSR count). The zero-order chi connectivity index (χ0) is 13.2. The van der Waals surface area contributed by atoms with Crippen molar-refractivity contribution in [1.29, 1.82) is 0 Å². The molecule has 1 aromatic heterocycles. The van der Waals surface area contributed by atoms with E-state index in [0.717, 1.165) is 29.8 Å². The molecule has 0 radical (unpaired) electrons. The first-order chi connectivity index (χ1) is 9.28. The predicted octanol–water partition coefficient (Wildman–Crippen LogP) is 1.14. The van der Waals surface area contributed by atoms with Gasteiger partial charge in [0.25, 0.3) is 0 Å². The van der Waals surface area contributed by atoms with Crippen LogP contribution in [0.4, 0.5) is 5.82 Å². The molecule has 2 heterocycles. The summed E-state index contributed by atoms with van der Waals surface area (Å²) in [4.78, 5) is 11.4. The van der Waals surface area contributed by atoms with E-state index in [1.165, 1.54) is 12.8 Å². The van der Waals surface area contributed by atoms with Crippen LogP contribution in [0.3, 0.4) is 0 Å². The Morgan fingerprint density at radius 3 is 2.95 bits per heavy atom. The van der Waals surface area contributed by atoms with Crippen LogP contribution in [-0.4, -0.2) is 34.0 Å². The smallest absolute Gasteiger partial charge is 0.145 e. The number of benzene rings is 1. The minimum Gasteiger partial charge on any atom is -0.383 e. The van der Waals surface area contributed by atoms with Crippen LogP contribution >= 0.6 is 0 Å². The summed E-state index contributed by atoms with van der Waals surface area (Å²) in [7, 11) is 0. The average Bonchev–Trinajstić information content (AvgIpc) is 2.86. The van der Waals surface area contributed by atoms with E-state index in [0.29, 0.717) is 18.4 Å². The second kappa shape index (κ2) is 5.11. The number of nitrogen functional groups attached to an aromatic ring is 1. The van der Waals surface area contributed by atoms with Gasteiger partial charge in [-0.1, -0.05) is 12.1 Å². The summed E-state index contributed by atoms with van der Waals surface area (Å²) < 4.78 is 0. The molecule has 4 N–H and O–H groups in total. The van der Waals surface area contributed by atoms with Crippen LogP contribution in [0.15, 0.2) is 24.3 Å². The Morgan fingerprint density at radius 1 is 1.26 bits per heavy atom. The fourth-order valence-corrected chi connectivity index (χ4v) is 2.77. The maximum absolute atomic E-state index is 6.00. The van der Waals surface area contributed by atoms with Gasteiger partial charge in [-0.15, -0.1) is 0 Å². The van der Waals surface area contributed by atoms with Crippen molar-refractivity contribution in [2.75, 3.05) is 18.8 Å². The highest BCUT2D eigenvalue weighted by Gasteiger charge is 2.24. The summed E-state index contributed by atoms with van der Waals surface area (Å²) in [6, 6.07) is 8.30. The molecule has 0 spiro atoms. The first-order valence-electron chi connectivity index (χ1n) is 6.73. The maximum Gasteiger partial charge on any atom is 0.145 e. The molecule has 19 heavy (non-hydrogen) atoms. The minimum atomic E-state index is 0.455. The van der Waals surface area contributed by atoms with Crippen molar-refractivity contribution in [3.05, 3.63) is 30.1 Å². The molecular weight excluding hydrogens is 238 g/mol. The number of hydrogen-bond acceptors (Lipinski definition) is 5. The number of para-hydroxylation sites is 1. The molecular formula is C14H19N5. The Bertz CT molecular complexity index is 583. The number of hydrogen-bond donors (Lipinski definition) is 2. The number of rotatable bonds is 3. The van der Waals surface area contributed by atoms with Crippen LogP contribution in [0.1, 0.15) is 18.7 Å². The van der Waals surface area contributed by atoms with Gasteiger partial charge in [-0.3, -0.25) is 4.90 Å². The zero-order valence-corrected chi connectivity index (χ0v) is 10.9. The largest absolute Gasteiger partial charge is 0.383 e. The molecule has 1 aromatic carbocycles. The van der Waals surface area contributed by atoms with Gasteiger partial charge in [0, 0.05) is 18.0 Å². The van der Waals surface area contributed by atoms with Crippen molar-refractivity contribution in [2.24, 2.45) is 5.73 Å². The number of aromatic nitrogens is 2. The van der Waals surface area contributed by atoms with Gasteiger partial charge in [-0.25, -0.2) is 9.97 Å². The van der Waals surface area contributed by atoms with Gasteiger partial charge in [0.15, 0.2) is 0 Å². The Kier molecular flexibility index (Phi) is 3.31. The number of anilines is 1. The molecule has 1 aliphatic rings. The molecule has 2 aromatic rings. The van der Waals surface area contributed by atoms with Gasteiger partial charge in [-0.05, 0) is 31.5 Å². The molecule has 100 valence electrons. The first-order valence-corrected chi connectivity index (χ1v) is 6.73. The third-order valence-electron chi connectivity index (χ3n) is 3.79. The van der Waals surface area contributed by atoms with Gasteiger partial charge < -0.3 is 11.5 Å². The van der Waals surface area contributed by atoms with E-state index >= 15 is 0 Å². The van der Waals surface area contributed by atoms with Crippen LogP contribution in [0, 0.1) is 0 Å². The second-order valence-corrected chi connectivity index (χ2v) is 5.04. The van der Waals surface area contributed by atoms with Gasteiger partial charge in [0.05, 0.1) is 12.1 Å². The van der Waals surface area contributed by atoms with E-state index in [2.05, 4.69) is 14.9 Å². The standard InChI is InChI=1S/C14H19N5/c15-8-10-4-3-7-19(10)9-13-17-12-6-2-1-5-11(12)14(16)18-13/h1-2,5-6,10H,3-4,7-9,15H2,(H2,16,17,18). The maximum atomic E-state index is 6.00. The Hall–Kier alpha value is -1.72. The average molecular weight is 257 g/mol. The lowest BCUT2D eigenvalue weighted by Gasteiger charge is -2.22. The Balaban J connectivity index is 1.89. The van der Waals surface area contributed by atoms with Crippen LogP contribution in [0.2, 0.25) is 0 Å². The molecule has 1 aliphatic heterocycles. The predicted molar refractivity (Wildman–Crippen MR) is 76.4 cm³/mol. The quantitative estimate of drug-likeness (QED) is 0.861. The summed E-state index contributed by atoms with van der Waals surface area (Å²) >= 11 is 0. The summed E-state index contributed by atoms with van der Waals surface area (Å²) in [5.74, 6) is 1.35. The third-order valence-corrected chi connectivity index (χ3v) is 3.79. The molecule has 1 atom stereocenters. The summed E-state index contributed by atoms with van der Waals surface area (Å²) in [5, 5.41) is 0.919. The fraction of sp³-hybridized carbons (Fsp3) is 0.429. The highest BCUT2D eigenvalue weighted by atomic mass is 15.2. The normalized spacial score (nSPS) is 20.2. The highest BCUT2D eigenvalue weighted by Crippen LogP contribution is 2.21. The first kappa shape index (κ1) is 12.3. The van der Waals surface area contributed by atoms with Crippen molar-refractivity contribution in [3.63, 3.8) is 0 Å². The Morgan fingerprint density at radius 2 is 2.11 bits per heavy atom. The van der Waals surface area contributed by atoms with E-state index in [-0.39, 0.29) is 0 Å². The molecule has 0 amide bonds. The van der Waals surface area contributed by atoms with Crippen LogP contribution < -0.4 is 11.5 Å². The van der Waals surface area contributed by atoms with Crippen molar-refractivity contribution in [3.8, 4) is 0 Å². The number of nitrogens with zero attached hydrogens (tertiary/aromatic N) is 3. The van der Waals surface area contributed by atoms with Gasteiger partial charge in [0.1, 0.15) is 11.6 Å².